The van der Waals surface area contributed by atoms with Gasteiger partial charge in [-0.15, -0.1) is 11.8 Å². The summed E-state index contributed by atoms with van der Waals surface area (Å²) in [4.78, 5) is 33.3. The summed E-state index contributed by atoms with van der Waals surface area (Å²) in [5.41, 5.74) is 2.19. The van der Waals surface area contributed by atoms with E-state index in [1.165, 1.54) is 10.5 Å². The number of fused-ring (bicyclic) bond motifs is 1. The minimum atomic E-state index is 0.0380. The van der Waals surface area contributed by atoms with E-state index in [1.807, 2.05) is 47.0 Å². The molecule has 0 spiro atoms. The Labute approximate surface area is 193 Å². The van der Waals surface area contributed by atoms with Crippen LogP contribution in [-0.4, -0.2) is 72.7 Å². The molecule has 2 aliphatic heterocycles. The SMILES string of the molecule is O=C(CN1CCN(CC(=O)N2c3ccccc3SC[C@H]2c2ccccc2)CC1)NC1CC1. The maximum atomic E-state index is 13.6. The second kappa shape index (κ2) is 9.65. The Morgan fingerprint density at radius 3 is 2.25 bits per heavy atom. The first-order valence-electron chi connectivity index (χ1n) is 11.5. The summed E-state index contributed by atoms with van der Waals surface area (Å²) in [5.74, 6) is 1.13. The molecule has 2 fully saturated rings. The van der Waals surface area contributed by atoms with Crippen LogP contribution < -0.4 is 10.2 Å². The molecule has 7 heteroatoms. The Hall–Kier alpha value is -2.35. The summed E-state index contributed by atoms with van der Waals surface area (Å²) < 4.78 is 0. The third-order valence-electron chi connectivity index (χ3n) is 6.42. The lowest BCUT2D eigenvalue weighted by Crippen LogP contribution is -2.52. The Balaban J connectivity index is 1.23. The molecule has 0 bridgehead atoms. The molecule has 32 heavy (non-hydrogen) atoms. The summed E-state index contributed by atoms with van der Waals surface area (Å²) in [5, 5.41) is 3.06. The molecule has 1 N–H and O–H groups in total. The van der Waals surface area contributed by atoms with E-state index in [2.05, 4.69) is 39.4 Å². The van der Waals surface area contributed by atoms with Gasteiger partial charge in [0.1, 0.15) is 0 Å². The van der Waals surface area contributed by atoms with Crippen LogP contribution in [0.5, 0.6) is 0 Å². The Kier molecular flexibility index (Phi) is 6.48. The van der Waals surface area contributed by atoms with Crippen molar-refractivity contribution >= 4 is 29.3 Å². The van der Waals surface area contributed by atoms with Crippen molar-refractivity contribution in [2.45, 2.75) is 29.8 Å². The van der Waals surface area contributed by atoms with Crippen LogP contribution in [0.1, 0.15) is 24.4 Å². The van der Waals surface area contributed by atoms with E-state index < -0.39 is 0 Å². The van der Waals surface area contributed by atoms with Gasteiger partial charge in [-0.3, -0.25) is 19.4 Å². The van der Waals surface area contributed by atoms with E-state index in [0.29, 0.717) is 19.1 Å². The third kappa shape index (κ3) is 5.00. The van der Waals surface area contributed by atoms with Crippen molar-refractivity contribution in [3.05, 3.63) is 60.2 Å². The van der Waals surface area contributed by atoms with E-state index >= 15 is 0 Å². The van der Waals surface area contributed by atoms with Crippen LogP contribution >= 0.6 is 11.8 Å². The van der Waals surface area contributed by atoms with Gasteiger partial charge in [-0.2, -0.15) is 0 Å². The molecule has 0 radical (unpaired) electrons. The molecule has 0 aromatic heterocycles. The molecule has 2 aromatic carbocycles. The first-order chi connectivity index (χ1) is 15.7. The molecule has 2 heterocycles. The van der Waals surface area contributed by atoms with Gasteiger partial charge in [0.25, 0.3) is 0 Å². The van der Waals surface area contributed by atoms with Crippen LogP contribution in [0.3, 0.4) is 0 Å². The molecule has 1 atom stereocenters. The number of hydrogen-bond acceptors (Lipinski definition) is 5. The zero-order valence-corrected chi connectivity index (χ0v) is 19.1. The fourth-order valence-corrected chi connectivity index (χ4v) is 5.66. The van der Waals surface area contributed by atoms with E-state index in [-0.39, 0.29) is 17.9 Å². The molecule has 5 rings (SSSR count). The van der Waals surface area contributed by atoms with Gasteiger partial charge in [0.05, 0.1) is 24.8 Å². The fourth-order valence-electron chi connectivity index (χ4n) is 4.50. The summed E-state index contributed by atoms with van der Waals surface area (Å²) in [6, 6.07) is 19.0. The second-order valence-corrected chi connectivity index (χ2v) is 9.92. The number of nitrogens with zero attached hydrogens (tertiary/aromatic N) is 3. The highest BCUT2D eigenvalue weighted by molar-refractivity contribution is 7.99. The van der Waals surface area contributed by atoms with Crippen molar-refractivity contribution in [3.8, 4) is 0 Å². The van der Waals surface area contributed by atoms with Gasteiger partial charge in [-0.1, -0.05) is 42.5 Å². The predicted octanol–water partition coefficient (Wildman–Crippen LogP) is 2.76. The molecule has 2 aromatic rings. The molecular formula is C25H30N4O2S. The largest absolute Gasteiger partial charge is 0.352 e. The van der Waals surface area contributed by atoms with E-state index in [9.17, 15) is 9.59 Å². The van der Waals surface area contributed by atoms with Gasteiger partial charge in [0.15, 0.2) is 0 Å². The highest BCUT2D eigenvalue weighted by atomic mass is 32.2. The average molecular weight is 451 g/mol. The molecule has 2 amide bonds. The zero-order chi connectivity index (χ0) is 21.9. The number of thioether (sulfide) groups is 1. The van der Waals surface area contributed by atoms with Gasteiger partial charge < -0.3 is 10.2 Å². The van der Waals surface area contributed by atoms with E-state index in [4.69, 9.17) is 0 Å². The molecule has 0 unspecified atom stereocenters. The fraction of sp³-hybridized carbons (Fsp3) is 0.440. The molecule has 1 saturated heterocycles. The van der Waals surface area contributed by atoms with Crippen LogP contribution in [0.25, 0.3) is 0 Å². The minimum absolute atomic E-state index is 0.0380. The number of anilines is 1. The molecule has 168 valence electrons. The Bertz CT molecular complexity index is 957. The van der Waals surface area contributed by atoms with Crippen molar-refractivity contribution in [1.82, 2.24) is 15.1 Å². The summed E-state index contributed by atoms with van der Waals surface area (Å²) in [6.07, 6.45) is 2.23. The van der Waals surface area contributed by atoms with Crippen LogP contribution in [0.15, 0.2) is 59.5 Å². The van der Waals surface area contributed by atoms with E-state index in [1.54, 1.807) is 0 Å². The summed E-state index contributed by atoms with van der Waals surface area (Å²) in [7, 11) is 0. The van der Waals surface area contributed by atoms with Crippen LogP contribution in [0, 0.1) is 0 Å². The quantitative estimate of drug-likeness (QED) is 0.734. The maximum absolute atomic E-state index is 13.6. The highest BCUT2D eigenvalue weighted by Gasteiger charge is 2.33. The first-order valence-corrected chi connectivity index (χ1v) is 12.5. The van der Waals surface area contributed by atoms with Crippen molar-refractivity contribution in [3.63, 3.8) is 0 Å². The van der Waals surface area contributed by atoms with Gasteiger partial charge >= 0.3 is 0 Å². The number of piperazine rings is 1. The van der Waals surface area contributed by atoms with Crippen LogP contribution in [0.4, 0.5) is 5.69 Å². The number of carbonyl (C=O) groups is 2. The van der Waals surface area contributed by atoms with Gasteiger partial charge in [0, 0.05) is 42.9 Å². The van der Waals surface area contributed by atoms with Gasteiger partial charge in [0.2, 0.25) is 11.8 Å². The lowest BCUT2D eigenvalue weighted by atomic mass is 10.1. The monoisotopic (exact) mass is 450 g/mol. The number of nitrogens with one attached hydrogen (secondary N) is 1. The number of para-hydroxylation sites is 1. The van der Waals surface area contributed by atoms with Crippen LogP contribution in [-0.2, 0) is 9.59 Å². The van der Waals surface area contributed by atoms with Gasteiger partial charge in [-0.05, 0) is 30.5 Å². The predicted molar refractivity (Wildman–Crippen MR) is 128 cm³/mol. The number of hydrogen-bond donors (Lipinski definition) is 1. The number of rotatable bonds is 6. The third-order valence-corrected chi connectivity index (χ3v) is 7.56. The highest BCUT2D eigenvalue weighted by Crippen LogP contribution is 2.43. The van der Waals surface area contributed by atoms with E-state index in [0.717, 1.165) is 50.5 Å². The molecule has 3 aliphatic rings. The van der Waals surface area contributed by atoms with Crippen molar-refractivity contribution in [1.29, 1.82) is 0 Å². The zero-order valence-electron chi connectivity index (χ0n) is 18.3. The smallest absolute Gasteiger partial charge is 0.241 e. The number of amides is 2. The number of carbonyl (C=O) groups excluding carboxylic acids is 2. The Morgan fingerprint density at radius 1 is 0.875 bits per heavy atom. The molecule has 6 nitrogen and oxygen atoms in total. The van der Waals surface area contributed by atoms with Crippen molar-refractivity contribution in [2.75, 3.05) is 49.9 Å². The lowest BCUT2D eigenvalue weighted by Gasteiger charge is -2.39. The minimum Gasteiger partial charge on any atom is -0.352 e. The number of benzene rings is 2. The summed E-state index contributed by atoms with van der Waals surface area (Å²) >= 11 is 1.82. The van der Waals surface area contributed by atoms with Crippen molar-refractivity contribution in [2.24, 2.45) is 0 Å². The Morgan fingerprint density at radius 2 is 1.53 bits per heavy atom. The molecular weight excluding hydrogens is 420 g/mol. The van der Waals surface area contributed by atoms with Crippen LogP contribution in [0.2, 0.25) is 0 Å². The lowest BCUT2D eigenvalue weighted by molar-refractivity contribution is -0.124. The van der Waals surface area contributed by atoms with Gasteiger partial charge in [-0.25, -0.2) is 0 Å². The normalized spacial score (nSPS) is 21.8. The first kappa shape index (κ1) is 21.5. The summed E-state index contributed by atoms with van der Waals surface area (Å²) in [6.45, 7) is 4.13. The topological polar surface area (TPSA) is 55.9 Å². The second-order valence-electron chi connectivity index (χ2n) is 8.86. The maximum Gasteiger partial charge on any atom is 0.241 e. The average Bonchev–Trinajstić information content (AvgIpc) is 3.64. The molecule has 1 aliphatic carbocycles. The molecule has 1 saturated carbocycles. The standard InChI is InChI=1S/C25H30N4O2S/c30-24(26-20-10-11-20)16-27-12-14-28(15-13-27)17-25(31)29-21-8-4-5-9-23(21)32-18-22(29)19-6-2-1-3-7-19/h1-9,20,22H,10-18H2,(H,26,30)/t22-/m0/s1. The van der Waals surface area contributed by atoms with Crippen molar-refractivity contribution < 1.29 is 9.59 Å².